The molecular weight excluding hydrogens is 368 g/mol. The highest BCUT2D eigenvalue weighted by molar-refractivity contribution is 6.30. The second-order valence-corrected chi connectivity index (χ2v) is 6.91. The molecule has 1 heterocycles. The number of carboxylic acid groups (broad SMARTS) is 1. The number of anilines is 1. The van der Waals surface area contributed by atoms with Gasteiger partial charge in [-0.25, -0.2) is 0 Å². The number of benzene rings is 2. The summed E-state index contributed by atoms with van der Waals surface area (Å²) < 4.78 is 0. The first kappa shape index (κ1) is 18.9. The third-order valence-electron chi connectivity index (χ3n) is 4.57. The largest absolute Gasteiger partial charge is 0.480 e. The number of carbonyl (C=O) groups is 3. The molecule has 1 aliphatic heterocycles. The van der Waals surface area contributed by atoms with Crippen molar-refractivity contribution in [2.24, 2.45) is 0 Å². The van der Waals surface area contributed by atoms with Crippen LogP contribution in [0.2, 0.25) is 5.02 Å². The van der Waals surface area contributed by atoms with Crippen LogP contribution in [0.5, 0.6) is 0 Å². The minimum atomic E-state index is -1.08. The van der Waals surface area contributed by atoms with Crippen molar-refractivity contribution in [1.82, 2.24) is 4.90 Å². The van der Waals surface area contributed by atoms with Gasteiger partial charge in [-0.15, -0.1) is 0 Å². The Morgan fingerprint density at radius 2 is 1.85 bits per heavy atom. The SMILES string of the molecule is CN1C(=O)CCc2cc(C(=O)N(CC(=O)O)Cc3ccc(Cl)cc3)ccc21. The van der Waals surface area contributed by atoms with Crippen LogP contribution in [0.3, 0.4) is 0 Å². The average molecular weight is 387 g/mol. The molecule has 2 aromatic rings. The van der Waals surface area contributed by atoms with Crippen molar-refractivity contribution in [2.75, 3.05) is 18.5 Å². The minimum Gasteiger partial charge on any atom is -0.480 e. The molecule has 0 bridgehead atoms. The molecule has 0 aromatic heterocycles. The van der Waals surface area contributed by atoms with Crippen LogP contribution in [0.1, 0.15) is 27.9 Å². The number of amides is 2. The Kier molecular flexibility index (Phi) is 5.46. The lowest BCUT2D eigenvalue weighted by atomic mass is 9.98. The fourth-order valence-electron chi connectivity index (χ4n) is 3.15. The molecule has 140 valence electrons. The molecule has 27 heavy (non-hydrogen) atoms. The van der Waals surface area contributed by atoms with Crippen molar-refractivity contribution in [3.8, 4) is 0 Å². The highest BCUT2D eigenvalue weighted by Gasteiger charge is 2.24. The predicted octanol–water partition coefficient (Wildman–Crippen LogP) is 2.98. The van der Waals surface area contributed by atoms with E-state index in [1.165, 1.54) is 4.90 Å². The van der Waals surface area contributed by atoms with Gasteiger partial charge in [0.2, 0.25) is 5.91 Å². The number of halogens is 1. The number of nitrogens with zero attached hydrogens (tertiary/aromatic N) is 2. The zero-order valence-electron chi connectivity index (χ0n) is 14.8. The lowest BCUT2D eigenvalue weighted by Gasteiger charge is -2.27. The Bertz CT molecular complexity index is 895. The standard InChI is InChI=1S/C20H19ClN2O4/c1-22-17-8-4-15(10-14(17)5-9-18(22)24)20(27)23(12-19(25)26)11-13-2-6-16(21)7-3-13/h2-4,6-8,10H,5,9,11-12H2,1H3,(H,25,26). The van der Waals surface area contributed by atoms with Gasteiger partial charge >= 0.3 is 5.97 Å². The third-order valence-corrected chi connectivity index (χ3v) is 4.82. The van der Waals surface area contributed by atoms with Crippen molar-refractivity contribution >= 4 is 35.1 Å². The van der Waals surface area contributed by atoms with Crippen LogP contribution in [-0.4, -0.2) is 41.4 Å². The van der Waals surface area contributed by atoms with Crippen molar-refractivity contribution in [3.63, 3.8) is 0 Å². The van der Waals surface area contributed by atoms with Crippen LogP contribution < -0.4 is 4.90 Å². The second-order valence-electron chi connectivity index (χ2n) is 6.48. The van der Waals surface area contributed by atoms with E-state index in [1.54, 1.807) is 54.4 Å². The lowest BCUT2D eigenvalue weighted by Crippen LogP contribution is -2.35. The Labute approximate surface area is 162 Å². The van der Waals surface area contributed by atoms with Crippen LogP contribution in [0.15, 0.2) is 42.5 Å². The van der Waals surface area contributed by atoms with Gasteiger partial charge < -0.3 is 14.9 Å². The van der Waals surface area contributed by atoms with E-state index < -0.39 is 12.5 Å². The number of aryl methyl sites for hydroxylation is 1. The molecule has 7 heteroatoms. The van der Waals surface area contributed by atoms with Gasteiger partial charge in [0.25, 0.3) is 5.91 Å². The van der Waals surface area contributed by atoms with Crippen LogP contribution in [-0.2, 0) is 22.6 Å². The van der Waals surface area contributed by atoms with Crippen LogP contribution in [0.4, 0.5) is 5.69 Å². The first-order chi connectivity index (χ1) is 12.8. The topological polar surface area (TPSA) is 77.9 Å². The monoisotopic (exact) mass is 386 g/mol. The maximum Gasteiger partial charge on any atom is 0.323 e. The highest BCUT2D eigenvalue weighted by Crippen LogP contribution is 2.28. The summed E-state index contributed by atoms with van der Waals surface area (Å²) in [6.45, 7) is -0.241. The first-order valence-electron chi connectivity index (χ1n) is 8.50. The maximum atomic E-state index is 12.9. The molecule has 0 radical (unpaired) electrons. The first-order valence-corrected chi connectivity index (χ1v) is 8.88. The summed E-state index contributed by atoms with van der Waals surface area (Å²) in [4.78, 5) is 38.9. The smallest absolute Gasteiger partial charge is 0.323 e. The molecule has 0 aliphatic carbocycles. The molecule has 2 aromatic carbocycles. The van der Waals surface area contributed by atoms with Crippen LogP contribution >= 0.6 is 11.6 Å². The molecule has 1 N–H and O–H groups in total. The molecule has 0 saturated carbocycles. The predicted molar refractivity (Wildman–Crippen MR) is 102 cm³/mol. The Morgan fingerprint density at radius 3 is 2.52 bits per heavy atom. The molecule has 0 saturated heterocycles. The van der Waals surface area contributed by atoms with Gasteiger partial charge in [-0.05, 0) is 47.9 Å². The molecule has 3 rings (SSSR count). The van der Waals surface area contributed by atoms with Crippen molar-refractivity contribution in [1.29, 1.82) is 0 Å². The zero-order valence-corrected chi connectivity index (χ0v) is 15.6. The molecule has 0 spiro atoms. The van der Waals surface area contributed by atoms with Crippen molar-refractivity contribution < 1.29 is 19.5 Å². The minimum absolute atomic E-state index is 0.0387. The Balaban J connectivity index is 1.86. The number of fused-ring (bicyclic) bond motifs is 1. The van der Waals surface area contributed by atoms with Gasteiger partial charge in [-0.1, -0.05) is 23.7 Å². The van der Waals surface area contributed by atoms with E-state index in [-0.39, 0.29) is 18.4 Å². The summed E-state index contributed by atoms with van der Waals surface area (Å²) in [7, 11) is 1.71. The van der Waals surface area contributed by atoms with Gasteiger partial charge in [0.1, 0.15) is 6.54 Å². The number of hydrogen-bond acceptors (Lipinski definition) is 3. The quantitative estimate of drug-likeness (QED) is 0.856. The fraction of sp³-hybridized carbons (Fsp3) is 0.250. The average Bonchev–Trinajstić information content (AvgIpc) is 2.65. The second kappa shape index (κ2) is 7.80. The van der Waals surface area contributed by atoms with Gasteiger partial charge in [0.15, 0.2) is 0 Å². The van der Waals surface area contributed by atoms with E-state index in [4.69, 9.17) is 11.6 Å². The summed E-state index contributed by atoms with van der Waals surface area (Å²) in [5, 5.41) is 9.77. The maximum absolute atomic E-state index is 12.9. The summed E-state index contributed by atoms with van der Waals surface area (Å²) in [6.07, 6.45) is 0.959. The van der Waals surface area contributed by atoms with Gasteiger partial charge in [-0.2, -0.15) is 0 Å². The van der Waals surface area contributed by atoms with E-state index >= 15 is 0 Å². The zero-order chi connectivity index (χ0) is 19.6. The Morgan fingerprint density at radius 1 is 1.15 bits per heavy atom. The van der Waals surface area contributed by atoms with Crippen molar-refractivity contribution in [2.45, 2.75) is 19.4 Å². The highest BCUT2D eigenvalue weighted by atomic mass is 35.5. The van der Waals surface area contributed by atoms with E-state index in [1.807, 2.05) is 0 Å². The molecule has 0 fully saturated rings. The van der Waals surface area contributed by atoms with Crippen LogP contribution in [0.25, 0.3) is 0 Å². The van der Waals surface area contributed by atoms with E-state index in [0.29, 0.717) is 23.4 Å². The number of rotatable bonds is 5. The number of carbonyl (C=O) groups excluding carboxylic acids is 2. The summed E-state index contributed by atoms with van der Waals surface area (Å²) in [5.74, 6) is -1.41. The summed E-state index contributed by atoms with van der Waals surface area (Å²) in [5.41, 5.74) is 2.89. The van der Waals surface area contributed by atoms with Crippen molar-refractivity contribution in [3.05, 3.63) is 64.2 Å². The van der Waals surface area contributed by atoms with Crippen LogP contribution in [0, 0.1) is 0 Å². The molecule has 1 aliphatic rings. The molecular formula is C20H19ClN2O4. The van der Waals surface area contributed by atoms with E-state index in [9.17, 15) is 19.5 Å². The molecule has 6 nitrogen and oxygen atoms in total. The number of aliphatic carboxylic acids is 1. The van der Waals surface area contributed by atoms with Gasteiger partial charge in [-0.3, -0.25) is 14.4 Å². The summed E-state index contributed by atoms with van der Waals surface area (Å²) >= 11 is 5.88. The Hall–Kier alpha value is -2.86. The summed E-state index contributed by atoms with van der Waals surface area (Å²) in [6, 6.07) is 12.0. The van der Waals surface area contributed by atoms with E-state index in [0.717, 1.165) is 16.8 Å². The molecule has 2 amide bonds. The number of carboxylic acids is 1. The van der Waals surface area contributed by atoms with Gasteiger partial charge in [0.05, 0.1) is 0 Å². The van der Waals surface area contributed by atoms with E-state index in [2.05, 4.69) is 0 Å². The number of hydrogen-bond donors (Lipinski definition) is 1. The third kappa shape index (κ3) is 4.28. The molecule has 0 atom stereocenters. The normalized spacial score (nSPS) is 13.3. The molecule has 0 unspecified atom stereocenters. The fourth-order valence-corrected chi connectivity index (χ4v) is 3.27. The van der Waals surface area contributed by atoms with Gasteiger partial charge in [0, 0.05) is 36.3 Å². The lowest BCUT2D eigenvalue weighted by molar-refractivity contribution is -0.137.